The molecule has 3 rings (SSSR count). The molecular formula is C19H30N2O2S. The Bertz CT molecular complexity index is 536. The summed E-state index contributed by atoms with van der Waals surface area (Å²) in [6.07, 6.45) is 4.03. The molecule has 5 heteroatoms. The van der Waals surface area contributed by atoms with Crippen LogP contribution >= 0.6 is 11.3 Å². The highest BCUT2D eigenvalue weighted by atomic mass is 32.1. The number of hydrogen-bond acceptors (Lipinski definition) is 4. The van der Waals surface area contributed by atoms with Gasteiger partial charge in [-0.3, -0.25) is 9.69 Å². The monoisotopic (exact) mass is 350 g/mol. The van der Waals surface area contributed by atoms with Crippen LogP contribution < -0.4 is 0 Å². The molecule has 1 unspecified atom stereocenters. The summed E-state index contributed by atoms with van der Waals surface area (Å²) in [6, 6.07) is 3.15. The van der Waals surface area contributed by atoms with Crippen LogP contribution in [0.1, 0.15) is 38.7 Å². The Balaban J connectivity index is 1.57. The zero-order chi connectivity index (χ0) is 17.2. The molecule has 2 saturated heterocycles. The van der Waals surface area contributed by atoms with Gasteiger partial charge in [-0.25, -0.2) is 0 Å². The van der Waals surface area contributed by atoms with Crippen molar-refractivity contribution in [2.45, 2.75) is 51.6 Å². The van der Waals surface area contributed by atoms with Crippen LogP contribution in [0.15, 0.2) is 16.8 Å². The van der Waals surface area contributed by atoms with E-state index in [1.54, 1.807) is 18.4 Å². The largest absolute Gasteiger partial charge is 0.383 e. The summed E-state index contributed by atoms with van der Waals surface area (Å²) >= 11 is 1.66. The van der Waals surface area contributed by atoms with Crippen molar-refractivity contribution in [3.05, 3.63) is 22.4 Å². The molecule has 2 aliphatic rings. The normalized spacial score (nSPS) is 24.2. The first kappa shape index (κ1) is 17.9. The van der Waals surface area contributed by atoms with E-state index in [2.05, 4.69) is 35.1 Å². The number of ether oxygens (including phenoxy) is 1. The Hall–Kier alpha value is -0.910. The van der Waals surface area contributed by atoms with Crippen molar-refractivity contribution >= 4 is 17.2 Å². The quantitative estimate of drug-likeness (QED) is 0.818. The highest BCUT2D eigenvalue weighted by molar-refractivity contribution is 7.07. The summed E-state index contributed by atoms with van der Waals surface area (Å²) in [5.74, 6) is 0.287. The minimum atomic E-state index is 0.287. The van der Waals surface area contributed by atoms with E-state index < -0.39 is 0 Å². The van der Waals surface area contributed by atoms with Crippen LogP contribution in [0.5, 0.6) is 0 Å². The molecule has 0 radical (unpaired) electrons. The van der Waals surface area contributed by atoms with Crippen LogP contribution in [0.2, 0.25) is 0 Å². The van der Waals surface area contributed by atoms with Gasteiger partial charge in [0.2, 0.25) is 5.91 Å². The molecule has 2 fully saturated rings. The van der Waals surface area contributed by atoms with E-state index in [1.807, 2.05) is 5.38 Å². The lowest BCUT2D eigenvalue weighted by Crippen LogP contribution is -2.45. The number of rotatable bonds is 5. The van der Waals surface area contributed by atoms with E-state index in [1.165, 1.54) is 6.42 Å². The van der Waals surface area contributed by atoms with Crippen molar-refractivity contribution in [2.24, 2.45) is 5.41 Å². The highest BCUT2D eigenvalue weighted by Crippen LogP contribution is 2.44. The van der Waals surface area contributed by atoms with Gasteiger partial charge in [0.15, 0.2) is 0 Å². The Morgan fingerprint density at radius 3 is 2.75 bits per heavy atom. The zero-order valence-electron chi connectivity index (χ0n) is 15.2. The van der Waals surface area contributed by atoms with Gasteiger partial charge in [-0.2, -0.15) is 11.3 Å². The first-order valence-electron chi connectivity index (χ1n) is 9.06. The van der Waals surface area contributed by atoms with Crippen LogP contribution in [0.4, 0.5) is 0 Å². The maximum Gasteiger partial charge on any atom is 0.227 e. The van der Waals surface area contributed by atoms with E-state index in [4.69, 9.17) is 4.74 Å². The Labute approximate surface area is 149 Å². The molecule has 1 amide bonds. The van der Waals surface area contributed by atoms with Gasteiger partial charge in [-0.15, -0.1) is 0 Å². The maximum absolute atomic E-state index is 12.5. The standard InChI is InChI=1S/C19H30N2O2S/c1-15(2)21-14-19(11-17(21)12-23-3)5-7-20(8-6-19)18(22)10-16-4-9-24-13-16/h4,9,13,15,17H,5-8,10-12,14H2,1-3H3. The molecule has 2 aliphatic heterocycles. The van der Waals surface area contributed by atoms with E-state index in [9.17, 15) is 4.79 Å². The lowest BCUT2D eigenvalue weighted by Gasteiger charge is -2.39. The van der Waals surface area contributed by atoms with Gasteiger partial charge in [0, 0.05) is 38.8 Å². The number of hydrogen-bond donors (Lipinski definition) is 0. The van der Waals surface area contributed by atoms with Gasteiger partial charge in [-0.1, -0.05) is 0 Å². The van der Waals surface area contributed by atoms with Crippen molar-refractivity contribution in [2.75, 3.05) is 33.4 Å². The molecule has 0 bridgehead atoms. The Morgan fingerprint density at radius 2 is 2.17 bits per heavy atom. The van der Waals surface area contributed by atoms with Gasteiger partial charge in [0.25, 0.3) is 0 Å². The number of thiophene rings is 1. The topological polar surface area (TPSA) is 32.8 Å². The van der Waals surface area contributed by atoms with Crippen molar-refractivity contribution in [1.82, 2.24) is 9.80 Å². The zero-order valence-corrected chi connectivity index (χ0v) is 16.0. The fourth-order valence-corrected chi connectivity index (χ4v) is 5.09. The lowest BCUT2D eigenvalue weighted by molar-refractivity contribution is -0.132. The fourth-order valence-electron chi connectivity index (χ4n) is 4.42. The molecule has 1 spiro atoms. The third-order valence-electron chi connectivity index (χ3n) is 5.79. The predicted molar refractivity (Wildman–Crippen MR) is 98.4 cm³/mol. The molecule has 0 aliphatic carbocycles. The number of carbonyl (C=O) groups is 1. The lowest BCUT2D eigenvalue weighted by atomic mass is 9.76. The van der Waals surface area contributed by atoms with E-state index in [-0.39, 0.29) is 5.91 Å². The van der Waals surface area contributed by atoms with Crippen LogP contribution in [0.25, 0.3) is 0 Å². The van der Waals surface area contributed by atoms with Crippen LogP contribution in [-0.2, 0) is 16.0 Å². The number of carbonyl (C=O) groups excluding carboxylic acids is 1. The van der Waals surface area contributed by atoms with Gasteiger partial charge in [-0.05, 0) is 60.9 Å². The molecule has 1 aromatic rings. The first-order chi connectivity index (χ1) is 11.5. The van der Waals surface area contributed by atoms with E-state index in [0.717, 1.165) is 44.6 Å². The van der Waals surface area contributed by atoms with Crippen molar-refractivity contribution in [1.29, 1.82) is 0 Å². The summed E-state index contributed by atoms with van der Waals surface area (Å²) in [5.41, 5.74) is 1.53. The summed E-state index contributed by atoms with van der Waals surface area (Å²) in [5, 5.41) is 4.12. The highest BCUT2D eigenvalue weighted by Gasteiger charge is 2.46. The van der Waals surface area contributed by atoms with Crippen molar-refractivity contribution in [3.63, 3.8) is 0 Å². The van der Waals surface area contributed by atoms with Gasteiger partial charge >= 0.3 is 0 Å². The van der Waals surface area contributed by atoms with Gasteiger partial charge in [0.05, 0.1) is 13.0 Å². The number of nitrogens with zero attached hydrogens (tertiary/aromatic N) is 2. The van der Waals surface area contributed by atoms with Crippen molar-refractivity contribution in [3.8, 4) is 0 Å². The van der Waals surface area contributed by atoms with Crippen LogP contribution in [0, 0.1) is 5.41 Å². The molecular weight excluding hydrogens is 320 g/mol. The average Bonchev–Trinajstić information content (AvgIpc) is 3.17. The summed E-state index contributed by atoms with van der Waals surface area (Å²) in [6.45, 7) is 8.36. The molecule has 0 N–H and O–H groups in total. The Kier molecular flexibility index (Phi) is 5.63. The Morgan fingerprint density at radius 1 is 1.42 bits per heavy atom. The summed E-state index contributed by atoms with van der Waals surface area (Å²) in [7, 11) is 1.80. The minimum Gasteiger partial charge on any atom is -0.383 e. The smallest absolute Gasteiger partial charge is 0.227 e. The molecule has 4 nitrogen and oxygen atoms in total. The molecule has 1 atom stereocenters. The third kappa shape index (κ3) is 3.84. The second kappa shape index (κ2) is 7.54. The predicted octanol–water partition coefficient (Wildman–Crippen LogP) is 3.03. The van der Waals surface area contributed by atoms with Crippen LogP contribution in [0.3, 0.4) is 0 Å². The number of likely N-dealkylation sites (tertiary alicyclic amines) is 2. The number of piperidine rings is 1. The third-order valence-corrected chi connectivity index (χ3v) is 6.52. The number of amides is 1. The summed E-state index contributed by atoms with van der Waals surface area (Å²) < 4.78 is 5.45. The molecule has 3 heterocycles. The van der Waals surface area contributed by atoms with Crippen LogP contribution in [-0.4, -0.2) is 61.1 Å². The van der Waals surface area contributed by atoms with E-state index >= 15 is 0 Å². The summed E-state index contributed by atoms with van der Waals surface area (Å²) in [4.78, 5) is 17.2. The second-order valence-electron chi connectivity index (χ2n) is 7.77. The van der Waals surface area contributed by atoms with Crippen molar-refractivity contribution < 1.29 is 9.53 Å². The maximum atomic E-state index is 12.5. The fraction of sp³-hybridized carbons (Fsp3) is 0.737. The average molecular weight is 351 g/mol. The van der Waals surface area contributed by atoms with Gasteiger partial charge < -0.3 is 9.64 Å². The first-order valence-corrected chi connectivity index (χ1v) is 10.0. The molecule has 24 heavy (non-hydrogen) atoms. The SMILES string of the molecule is COCC1CC2(CCN(C(=O)Cc3ccsc3)CC2)CN1C(C)C. The number of methoxy groups -OCH3 is 1. The second-order valence-corrected chi connectivity index (χ2v) is 8.55. The molecule has 0 saturated carbocycles. The minimum absolute atomic E-state index is 0.287. The molecule has 134 valence electrons. The van der Waals surface area contributed by atoms with E-state index in [0.29, 0.717) is 23.9 Å². The molecule has 1 aromatic heterocycles. The molecule has 0 aromatic carbocycles. The van der Waals surface area contributed by atoms with Gasteiger partial charge in [0.1, 0.15) is 0 Å².